The fraction of sp³-hybridized carbons (Fsp3) is 0.500. The Morgan fingerprint density at radius 1 is 1.32 bits per heavy atom. The van der Waals surface area contributed by atoms with Crippen LogP contribution in [-0.4, -0.2) is 70.4 Å². The number of aliphatic imine (C=N–C) groups is 1. The van der Waals surface area contributed by atoms with Crippen molar-refractivity contribution in [2.45, 2.75) is 52.2 Å². The minimum Gasteiger partial charge on any atom is -0.371 e. The number of fused-ring (bicyclic) bond motifs is 1. The molecule has 4 rings (SSSR count). The number of likely N-dealkylation sites (tertiary alicyclic amines) is 1. The zero-order valence-electron chi connectivity index (χ0n) is 21.2. The molecular formula is C26H37N7O. The van der Waals surface area contributed by atoms with E-state index in [2.05, 4.69) is 54.6 Å². The van der Waals surface area contributed by atoms with Crippen LogP contribution in [0, 0.1) is 6.92 Å². The third-order valence-corrected chi connectivity index (χ3v) is 7.04. The van der Waals surface area contributed by atoms with E-state index in [0.29, 0.717) is 12.6 Å². The monoisotopic (exact) mass is 463 g/mol. The lowest BCUT2D eigenvalue weighted by Gasteiger charge is -2.36. The summed E-state index contributed by atoms with van der Waals surface area (Å²) in [6.07, 6.45) is 3.62. The van der Waals surface area contributed by atoms with Crippen LogP contribution in [0.2, 0.25) is 0 Å². The van der Waals surface area contributed by atoms with Gasteiger partial charge in [0.05, 0.1) is 18.3 Å². The van der Waals surface area contributed by atoms with Gasteiger partial charge in [-0.15, -0.1) is 0 Å². The molecule has 2 aromatic heterocycles. The van der Waals surface area contributed by atoms with E-state index in [1.54, 1.807) is 13.4 Å². The van der Waals surface area contributed by atoms with Crippen molar-refractivity contribution in [1.29, 1.82) is 0 Å². The fourth-order valence-corrected chi connectivity index (χ4v) is 5.23. The lowest BCUT2D eigenvalue weighted by Crippen LogP contribution is -2.42. The van der Waals surface area contributed by atoms with Crippen LogP contribution in [0.15, 0.2) is 40.4 Å². The van der Waals surface area contributed by atoms with E-state index in [9.17, 15) is 4.79 Å². The maximum Gasteiger partial charge on any atom is 0.259 e. The first-order valence-electron chi connectivity index (χ1n) is 12.1. The number of piperidine rings is 1. The first kappa shape index (κ1) is 24.0. The van der Waals surface area contributed by atoms with Crippen molar-refractivity contribution in [2.75, 3.05) is 39.5 Å². The Bertz CT molecular complexity index is 1230. The van der Waals surface area contributed by atoms with Crippen molar-refractivity contribution < 1.29 is 0 Å². The number of pyridine rings is 1. The second-order valence-electron chi connectivity index (χ2n) is 9.49. The highest BCUT2D eigenvalue weighted by molar-refractivity contribution is 6.00. The molecule has 0 unspecified atom stereocenters. The summed E-state index contributed by atoms with van der Waals surface area (Å²) in [4.78, 5) is 30.6. The number of aromatic amines is 1. The van der Waals surface area contributed by atoms with Crippen molar-refractivity contribution in [1.82, 2.24) is 24.3 Å². The smallest absolute Gasteiger partial charge is 0.259 e. The molecule has 1 aromatic carbocycles. The maximum atomic E-state index is 13.9. The van der Waals surface area contributed by atoms with Crippen LogP contribution in [0.4, 0.5) is 5.82 Å². The average molecular weight is 464 g/mol. The molecule has 0 amide bonds. The van der Waals surface area contributed by atoms with Gasteiger partial charge in [-0.1, -0.05) is 18.2 Å². The molecule has 0 spiro atoms. The van der Waals surface area contributed by atoms with Crippen molar-refractivity contribution >= 4 is 22.4 Å². The summed E-state index contributed by atoms with van der Waals surface area (Å²) in [5, 5.41) is 4.94. The third kappa shape index (κ3) is 4.46. The molecular weight excluding hydrogens is 426 g/mol. The summed E-state index contributed by atoms with van der Waals surface area (Å²) in [5.74, 6) is 1.54. The first-order valence-corrected chi connectivity index (χ1v) is 12.1. The number of benzene rings is 1. The molecule has 2 N–H and O–H groups in total. The SMILES string of the molecule is CN=C(c1[nH]cnc1NC)N(C)Cc1cc2cccc(C)c2c(=O)n1C1CCN(C(C)C)CC1. The topological polar surface area (TPSA) is 81.5 Å². The standard InChI is InChI=1S/C26H37N7O/c1-17(2)32-12-10-20(11-13-32)33-21(14-19-9-7-8-18(3)22(19)26(33)34)15-31(6)25(28-5)23-24(27-4)30-16-29-23/h7-9,14,16-17,20,27H,10-13,15H2,1-6H3,(H,29,30). The Balaban J connectivity index is 1.75. The van der Waals surface area contributed by atoms with E-state index in [1.165, 1.54) is 0 Å². The molecule has 1 saturated heterocycles. The molecule has 0 atom stereocenters. The van der Waals surface area contributed by atoms with Gasteiger partial charge < -0.3 is 24.7 Å². The zero-order valence-corrected chi connectivity index (χ0v) is 21.2. The Labute approximate surface area is 201 Å². The molecule has 34 heavy (non-hydrogen) atoms. The Morgan fingerprint density at radius 3 is 2.71 bits per heavy atom. The summed E-state index contributed by atoms with van der Waals surface area (Å²) in [6, 6.07) is 9.01. The van der Waals surface area contributed by atoms with Crippen LogP contribution in [0.3, 0.4) is 0 Å². The summed E-state index contributed by atoms with van der Waals surface area (Å²) in [6.45, 7) is 9.10. The minimum absolute atomic E-state index is 0.120. The normalized spacial score (nSPS) is 15.9. The van der Waals surface area contributed by atoms with Gasteiger partial charge in [0.15, 0.2) is 11.7 Å². The lowest BCUT2D eigenvalue weighted by atomic mass is 10.00. The molecule has 1 aliphatic rings. The quantitative estimate of drug-likeness (QED) is 0.431. The molecule has 8 heteroatoms. The molecule has 0 saturated carbocycles. The Hall–Kier alpha value is -3.13. The van der Waals surface area contributed by atoms with Gasteiger partial charge in [0.1, 0.15) is 5.69 Å². The summed E-state index contributed by atoms with van der Waals surface area (Å²) < 4.78 is 2.07. The molecule has 1 aliphatic heterocycles. The molecule has 0 bridgehead atoms. The van der Waals surface area contributed by atoms with Gasteiger partial charge in [-0.3, -0.25) is 9.79 Å². The number of aromatic nitrogens is 3. The highest BCUT2D eigenvalue weighted by Crippen LogP contribution is 2.27. The van der Waals surface area contributed by atoms with Gasteiger partial charge in [-0.25, -0.2) is 4.98 Å². The van der Waals surface area contributed by atoms with Gasteiger partial charge in [-0.2, -0.15) is 0 Å². The van der Waals surface area contributed by atoms with Gasteiger partial charge in [-0.05, 0) is 50.6 Å². The molecule has 1 fully saturated rings. The molecule has 182 valence electrons. The molecule has 0 aliphatic carbocycles. The number of anilines is 1. The van der Waals surface area contributed by atoms with Crippen molar-refractivity contribution in [3.63, 3.8) is 0 Å². The summed E-state index contributed by atoms with van der Waals surface area (Å²) in [7, 11) is 5.64. The molecule has 3 heterocycles. The van der Waals surface area contributed by atoms with Gasteiger partial charge in [0.2, 0.25) is 0 Å². The van der Waals surface area contributed by atoms with Crippen LogP contribution in [0.25, 0.3) is 10.8 Å². The number of H-pyrrole nitrogens is 1. The largest absolute Gasteiger partial charge is 0.371 e. The predicted molar refractivity (Wildman–Crippen MR) is 140 cm³/mol. The fourth-order valence-electron chi connectivity index (χ4n) is 5.23. The maximum absolute atomic E-state index is 13.9. The molecule has 8 nitrogen and oxygen atoms in total. The van der Waals surface area contributed by atoms with E-state index >= 15 is 0 Å². The van der Waals surface area contributed by atoms with Gasteiger partial charge >= 0.3 is 0 Å². The van der Waals surface area contributed by atoms with Crippen LogP contribution in [-0.2, 0) is 6.54 Å². The van der Waals surface area contributed by atoms with Gasteiger partial charge in [0, 0.05) is 52.0 Å². The summed E-state index contributed by atoms with van der Waals surface area (Å²) >= 11 is 0. The number of nitrogens with zero attached hydrogens (tertiary/aromatic N) is 5. The second kappa shape index (κ2) is 10.0. The lowest BCUT2D eigenvalue weighted by molar-refractivity contribution is 0.149. The Kier molecular flexibility index (Phi) is 7.07. The third-order valence-electron chi connectivity index (χ3n) is 7.04. The Morgan fingerprint density at radius 2 is 2.06 bits per heavy atom. The predicted octanol–water partition coefficient (Wildman–Crippen LogP) is 3.63. The van der Waals surface area contributed by atoms with Crippen LogP contribution >= 0.6 is 0 Å². The van der Waals surface area contributed by atoms with E-state index in [0.717, 1.165) is 65.3 Å². The summed E-state index contributed by atoms with van der Waals surface area (Å²) in [5.41, 5.74) is 3.00. The number of amidine groups is 1. The van der Waals surface area contributed by atoms with Crippen LogP contribution in [0.1, 0.15) is 49.7 Å². The first-order chi connectivity index (χ1) is 16.3. The number of aryl methyl sites for hydroxylation is 1. The average Bonchev–Trinajstić information content (AvgIpc) is 3.28. The van der Waals surface area contributed by atoms with Gasteiger partial charge in [0.25, 0.3) is 5.56 Å². The van der Waals surface area contributed by atoms with Crippen LogP contribution < -0.4 is 10.9 Å². The number of rotatable bonds is 6. The van der Waals surface area contributed by atoms with Crippen molar-refractivity contribution in [2.24, 2.45) is 4.99 Å². The highest BCUT2D eigenvalue weighted by Gasteiger charge is 2.26. The zero-order chi connectivity index (χ0) is 24.4. The molecule has 0 radical (unpaired) electrons. The number of hydrogen-bond acceptors (Lipinski definition) is 5. The van der Waals surface area contributed by atoms with E-state index in [1.807, 2.05) is 39.2 Å². The van der Waals surface area contributed by atoms with E-state index < -0.39 is 0 Å². The van der Waals surface area contributed by atoms with E-state index in [-0.39, 0.29) is 11.6 Å². The van der Waals surface area contributed by atoms with E-state index in [4.69, 9.17) is 0 Å². The molecule has 3 aromatic rings. The number of nitrogens with one attached hydrogen (secondary N) is 2. The second-order valence-corrected chi connectivity index (χ2v) is 9.49. The highest BCUT2D eigenvalue weighted by atomic mass is 16.1. The van der Waals surface area contributed by atoms with Crippen molar-refractivity contribution in [3.05, 3.63) is 57.9 Å². The minimum atomic E-state index is 0.120. The van der Waals surface area contributed by atoms with Crippen molar-refractivity contribution in [3.8, 4) is 0 Å². The number of imidazole rings is 1. The number of hydrogen-bond donors (Lipinski definition) is 2. The van der Waals surface area contributed by atoms with Crippen LogP contribution in [0.5, 0.6) is 0 Å².